The molecule has 18 heavy (non-hydrogen) atoms. The second-order valence-electron chi connectivity index (χ2n) is 4.21. The lowest BCUT2D eigenvalue weighted by Crippen LogP contribution is -2.22. The van der Waals surface area contributed by atoms with Crippen LogP contribution < -0.4 is 15.8 Å². The summed E-state index contributed by atoms with van der Waals surface area (Å²) in [7, 11) is 0. The molecule has 98 valence electrons. The first-order valence-corrected chi connectivity index (χ1v) is 6.11. The van der Waals surface area contributed by atoms with Crippen molar-refractivity contribution in [2.24, 2.45) is 11.7 Å². The van der Waals surface area contributed by atoms with Crippen molar-refractivity contribution in [3.8, 4) is 5.75 Å². The summed E-state index contributed by atoms with van der Waals surface area (Å²) in [6, 6.07) is 7.31. The number of rotatable bonds is 5. The van der Waals surface area contributed by atoms with Crippen LogP contribution in [0.15, 0.2) is 24.3 Å². The molecule has 1 aromatic rings. The van der Waals surface area contributed by atoms with E-state index in [1.807, 2.05) is 18.2 Å². The van der Waals surface area contributed by atoms with E-state index in [2.05, 4.69) is 5.32 Å². The number of benzene rings is 1. The van der Waals surface area contributed by atoms with Gasteiger partial charge < -0.3 is 20.5 Å². The van der Waals surface area contributed by atoms with Gasteiger partial charge >= 0.3 is 0 Å². The van der Waals surface area contributed by atoms with Crippen molar-refractivity contribution in [2.75, 3.05) is 31.7 Å². The second kappa shape index (κ2) is 6.37. The van der Waals surface area contributed by atoms with Crippen LogP contribution in [-0.2, 0) is 9.53 Å². The number of carbonyl (C=O) groups is 1. The lowest BCUT2D eigenvalue weighted by molar-refractivity contribution is -0.119. The van der Waals surface area contributed by atoms with Gasteiger partial charge in [-0.25, -0.2) is 0 Å². The Morgan fingerprint density at radius 2 is 2.44 bits per heavy atom. The molecule has 1 fully saturated rings. The third kappa shape index (κ3) is 3.45. The van der Waals surface area contributed by atoms with E-state index in [0.29, 0.717) is 32.1 Å². The minimum absolute atomic E-state index is 0.00322. The number of carbonyl (C=O) groups excluding carboxylic acids is 1. The van der Waals surface area contributed by atoms with Crippen molar-refractivity contribution in [1.29, 1.82) is 0 Å². The molecule has 0 aliphatic carbocycles. The number of anilines is 1. The van der Waals surface area contributed by atoms with Crippen LogP contribution in [-0.4, -0.2) is 32.3 Å². The Labute approximate surface area is 106 Å². The third-order valence-corrected chi connectivity index (χ3v) is 2.79. The minimum Gasteiger partial charge on any atom is -0.492 e. The average molecular weight is 250 g/mol. The van der Waals surface area contributed by atoms with Crippen molar-refractivity contribution >= 4 is 11.6 Å². The van der Waals surface area contributed by atoms with Gasteiger partial charge in [0, 0.05) is 24.9 Å². The Morgan fingerprint density at radius 1 is 1.56 bits per heavy atom. The normalized spacial score (nSPS) is 18.6. The minimum atomic E-state index is -0.0429. The lowest BCUT2D eigenvalue weighted by Gasteiger charge is -2.11. The molecule has 0 radical (unpaired) electrons. The molecule has 0 saturated carbocycles. The van der Waals surface area contributed by atoms with E-state index in [9.17, 15) is 4.79 Å². The van der Waals surface area contributed by atoms with Gasteiger partial charge in [-0.05, 0) is 18.6 Å². The van der Waals surface area contributed by atoms with Gasteiger partial charge in [0.15, 0.2) is 0 Å². The van der Waals surface area contributed by atoms with Gasteiger partial charge in [0.1, 0.15) is 12.4 Å². The summed E-state index contributed by atoms with van der Waals surface area (Å²) in [4.78, 5) is 11.9. The first-order chi connectivity index (χ1) is 8.79. The van der Waals surface area contributed by atoms with Gasteiger partial charge in [0.2, 0.25) is 5.91 Å². The predicted molar refractivity (Wildman–Crippen MR) is 68.5 cm³/mol. The molecular weight excluding hydrogens is 232 g/mol. The maximum Gasteiger partial charge on any atom is 0.229 e. The second-order valence-corrected chi connectivity index (χ2v) is 4.21. The predicted octanol–water partition coefficient (Wildman–Crippen LogP) is 0.999. The van der Waals surface area contributed by atoms with Crippen molar-refractivity contribution in [1.82, 2.24) is 0 Å². The zero-order valence-electron chi connectivity index (χ0n) is 10.2. The average Bonchev–Trinajstić information content (AvgIpc) is 2.91. The quantitative estimate of drug-likeness (QED) is 0.817. The number of amides is 1. The molecule has 1 amide bonds. The van der Waals surface area contributed by atoms with Gasteiger partial charge in [-0.2, -0.15) is 0 Å². The highest BCUT2D eigenvalue weighted by Crippen LogP contribution is 2.20. The van der Waals surface area contributed by atoms with Crippen LogP contribution in [0.5, 0.6) is 5.75 Å². The zero-order valence-corrected chi connectivity index (χ0v) is 10.2. The van der Waals surface area contributed by atoms with Crippen LogP contribution in [0.1, 0.15) is 6.42 Å². The Hall–Kier alpha value is -1.59. The monoisotopic (exact) mass is 250 g/mol. The van der Waals surface area contributed by atoms with E-state index in [1.54, 1.807) is 6.07 Å². The SMILES string of the molecule is NCCOc1cccc(NC(=O)C2CCOC2)c1. The summed E-state index contributed by atoms with van der Waals surface area (Å²) in [5, 5.41) is 2.87. The first-order valence-electron chi connectivity index (χ1n) is 6.11. The lowest BCUT2D eigenvalue weighted by atomic mass is 10.1. The van der Waals surface area contributed by atoms with Crippen molar-refractivity contribution in [2.45, 2.75) is 6.42 Å². The van der Waals surface area contributed by atoms with Gasteiger partial charge in [-0.15, -0.1) is 0 Å². The van der Waals surface area contributed by atoms with Crippen LogP contribution in [0.3, 0.4) is 0 Å². The van der Waals surface area contributed by atoms with E-state index >= 15 is 0 Å². The number of nitrogens with one attached hydrogen (secondary N) is 1. The molecule has 5 heteroatoms. The van der Waals surface area contributed by atoms with E-state index < -0.39 is 0 Å². The molecule has 1 aliphatic heterocycles. The highest BCUT2D eigenvalue weighted by Gasteiger charge is 2.23. The fraction of sp³-hybridized carbons (Fsp3) is 0.462. The van der Waals surface area contributed by atoms with E-state index in [1.165, 1.54) is 0 Å². The molecule has 0 spiro atoms. The van der Waals surface area contributed by atoms with Crippen molar-refractivity contribution in [3.05, 3.63) is 24.3 Å². The summed E-state index contributed by atoms with van der Waals surface area (Å²) in [6.45, 7) is 2.11. The number of ether oxygens (including phenoxy) is 2. The van der Waals surface area contributed by atoms with Crippen LogP contribution in [0.2, 0.25) is 0 Å². The summed E-state index contributed by atoms with van der Waals surface area (Å²) in [6.07, 6.45) is 0.787. The molecule has 1 aromatic carbocycles. The maximum absolute atomic E-state index is 11.9. The fourth-order valence-electron chi connectivity index (χ4n) is 1.83. The van der Waals surface area contributed by atoms with Crippen LogP contribution >= 0.6 is 0 Å². The Kier molecular flexibility index (Phi) is 4.55. The molecule has 5 nitrogen and oxygen atoms in total. The molecule has 1 saturated heterocycles. The molecule has 1 unspecified atom stereocenters. The zero-order chi connectivity index (χ0) is 12.8. The Bertz CT molecular complexity index is 403. The summed E-state index contributed by atoms with van der Waals surface area (Å²) >= 11 is 0. The van der Waals surface area contributed by atoms with Crippen molar-refractivity contribution < 1.29 is 14.3 Å². The van der Waals surface area contributed by atoms with Gasteiger partial charge in [-0.1, -0.05) is 6.07 Å². The smallest absolute Gasteiger partial charge is 0.229 e. The molecular formula is C13H18N2O3. The molecule has 3 N–H and O–H groups in total. The molecule has 1 heterocycles. The highest BCUT2D eigenvalue weighted by molar-refractivity contribution is 5.92. The highest BCUT2D eigenvalue weighted by atomic mass is 16.5. The van der Waals surface area contributed by atoms with Gasteiger partial charge in [0.05, 0.1) is 12.5 Å². The standard InChI is InChI=1S/C13H18N2O3/c14-5-7-18-12-3-1-2-11(8-12)15-13(16)10-4-6-17-9-10/h1-3,8,10H,4-7,9,14H2,(H,15,16). The Morgan fingerprint density at radius 3 is 3.17 bits per heavy atom. The molecule has 1 atom stereocenters. The topological polar surface area (TPSA) is 73.6 Å². The summed E-state index contributed by atoms with van der Waals surface area (Å²) < 4.78 is 10.6. The van der Waals surface area contributed by atoms with Gasteiger partial charge in [-0.3, -0.25) is 4.79 Å². The molecule has 2 rings (SSSR count). The molecule has 1 aliphatic rings. The summed E-state index contributed by atoms with van der Waals surface area (Å²) in [5.41, 5.74) is 6.11. The molecule has 0 aromatic heterocycles. The van der Waals surface area contributed by atoms with E-state index in [0.717, 1.165) is 12.1 Å². The van der Waals surface area contributed by atoms with Crippen LogP contribution in [0.4, 0.5) is 5.69 Å². The Balaban J connectivity index is 1.93. The van der Waals surface area contributed by atoms with Crippen molar-refractivity contribution in [3.63, 3.8) is 0 Å². The van der Waals surface area contributed by atoms with Crippen LogP contribution in [0, 0.1) is 5.92 Å². The van der Waals surface area contributed by atoms with Crippen LogP contribution in [0.25, 0.3) is 0 Å². The van der Waals surface area contributed by atoms with Gasteiger partial charge in [0.25, 0.3) is 0 Å². The third-order valence-electron chi connectivity index (χ3n) is 2.79. The maximum atomic E-state index is 11.9. The first kappa shape index (κ1) is 12.9. The summed E-state index contributed by atoms with van der Waals surface area (Å²) in [5.74, 6) is 0.669. The number of hydrogen-bond donors (Lipinski definition) is 2. The van der Waals surface area contributed by atoms with E-state index in [-0.39, 0.29) is 11.8 Å². The number of nitrogens with two attached hydrogens (primary N) is 1. The molecule has 0 bridgehead atoms. The fourth-order valence-corrected chi connectivity index (χ4v) is 1.83. The number of hydrogen-bond acceptors (Lipinski definition) is 4. The largest absolute Gasteiger partial charge is 0.492 e. The van der Waals surface area contributed by atoms with E-state index in [4.69, 9.17) is 15.2 Å².